The second-order valence-electron chi connectivity index (χ2n) is 5.45. The van der Waals surface area contributed by atoms with Crippen LogP contribution in [0.2, 0.25) is 0 Å². The monoisotopic (exact) mass is 301 g/mol. The van der Waals surface area contributed by atoms with Crippen molar-refractivity contribution >= 4 is 6.21 Å². The highest BCUT2D eigenvalue weighted by molar-refractivity contribution is 5.79. The molecule has 0 heterocycles. The van der Waals surface area contributed by atoms with Gasteiger partial charge in [-0.05, 0) is 23.6 Å². The summed E-state index contributed by atoms with van der Waals surface area (Å²) in [6.07, 6.45) is 1.54. The molecular weight excluding hydrogens is 282 g/mol. The quantitative estimate of drug-likeness (QED) is 0.472. The zero-order valence-electron chi connectivity index (χ0n) is 13.1. The maximum Gasteiger partial charge on any atom is 0.177 e. The Labute approximate surface area is 137 Å². The summed E-state index contributed by atoms with van der Waals surface area (Å²) in [4.78, 5) is 5.82. The van der Waals surface area contributed by atoms with Gasteiger partial charge in [-0.25, -0.2) is 0 Å². The fraction of sp³-hybridized carbons (Fsp3) is 0.0952. The second kappa shape index (κ2) is 7.41. The van der Waals surface area contributed by atoms with Crippen LogP contribution in [0.25, 0.3) is 0 Å². The molecule has 3 rings (SSSR count). The average molecular weight is 301 g/mol. The van der Waals surface area contributed by atoms with Gasteiger partial charge in [-0.3, -0.25) is 0 Å². The first-order chi connectivity index (χ1) is 11.3. The number of rotatable bonds is 5. The summed E-state index contributed by atoms with van der Waals surface area (Å²) in [5.74, 6) is 0. The fourth-order valence-electron chi connectivity index (χ4n) is 2.37. The molecule has 0 aliphatic heterocycles. The van der Waals surface area contributed by atoms with Gasteiger partial charge in [-0.15, -0.1) is 0 Å². The molecule has 0 bridgehead atoms. The summed E-state index contributed by atoms with van der Waals surface area (Å²) in [7, 11) is 0. The first kappa shape index (κ1) is 15.0. The lowest BCUT2D eigenvalue weighted by molar-refractivity contribution is 0.0888. The number of aryl methyl sites for hydroxylation is 1. The number of benzene rings is 3. The lowest BCUT2D eigenvalue weighted by atomic mass is 10.0. The molecule has 2 nitrogen and oxygen atoms in total. The Kier molecular flexibility index (Phi) is 4.85. The first-order valence-corrected chi connectivity index (χ1v) is 7.69. The minimum atomic E-state index is -0.209. The van der Waals surface area contributed by atoms with Gasteiger partial charge in [-0.2, -0.15) is 0 Å². The normalized spacial score (nSPS) is 11.0. The molecule has 0 saturated carbocycles. The molecule has 3 aromatic rings. The van der Waals surface area contributed by atoms with E-state index in [0.717, 1.165) is 16.7 Å². The number of hydrogen-bond acceptors (Lipinski definition) is 2. The molecule has 0 aromatic heterocycles. The zero-order valence-corrected chi connectivity index (χ0v) is 13.1. The fourth-order valence-corrected chi connectivity index (χ4v) is 2.37. The summed E-state index contributed by atoms with van der Waals surface area (Å²) in [5, 5.41) is 4.20. The van der Waals surface area contributed by atoms with E-state index in [1.165, 1.54) is 5.56 Å². The third kappa shape index (κ3) is 4.07. The van der Waals surface area contributed by atoms with Crippen molar-refractivity contribution in [2.45, 2.75) is 13.0 Å². The van der Waals surface area contributed by atoms with Crippen molar-refractivity contribution < 1.29 is 4.84 Å². The Bertz CT molecular complexity index is 709. The van der Waals surface area contributed by atoms with Gasteiger partial charge in [0.15, 0.2) is 6.10 Å². The van der Waals surface area contributed by atoms with Crippen molar-refractivity contribution in [1.29, 1.82) is 0 Å². The topological polar surface area (TPSA) is 21.6 Å². The molecule has 23 heavy (non-hydrogen) atoms. The van der Waals surface area contributed by atoms with E-state index in [-0.39, 0.29) is 6.10 Å². The molecule has 0 saturated heterocycles. The van der Waals surface area contributed by atoms with E-state index >= 15 is 0 Å². The molecule has 0 spiro atoms. The predicted molar refractivity (Wildman–Crippen MR) is 94.6 cm³/mol. The van der Waals surface area contributed by atoms with Crippen molar-refractivity contribution in [3.8, 4) is 0 Å². The van der Waals surface area contributed by atoms with Crippen LogP contribution < -0.4 is 0 Å². The maximum atomic E-state index is 5.82. The molecular formula is C21H19NO. The van der Waals surface area contributed by atoms with E-state index in [9.17, 15) is 0 Å². The molecule has 0 aliphatic carbocycles. The lowest BCUT2D eigenvalue weighted by Gasteiger charge is -2.15. The molecule has 0 amide bonds. The number of nitrogens with zero attached hydrogens (tertiary/aromatic N) is 1. The lowest BCUT2D eigenvalue weighted by Crippen LogP contribution is -2.03. The Morgan fingerprint density at radius 3 is 1.78 bits per heavy atom. The van der Waals surface area contributed by atoms with E-state index in [4.69, 9.17) is 4.84 Å². The highest BCUT2D eigenvalue weighted by Crippen LogP contribution is 2.25. The van der Waals surface area contributed by atoms with Crippen LogP contribution in [-0.2, 0) is 4.84 Å². The van der Waals surface area contributed by atoms with Crippen LogP contribution in [-0.4, -0.2) is 6.21 Å². The van der Waals surface area contributed by atoms with Crippen LogP contribution in [0.1, 0.15) is 28.4 Å². The van der Waals surface area contributed by atoms with E-state index in [2.05, 4.69) is 48.5 Å². The van der Waals surface area contributed by atoms with Crippen LogP contribution in [0, 0.1) is 6.92 Å². The Morgan fingerprint density at radius 2 is 1.26 bits per heavy atom. The summed E-state index contributed by atoms with van der Waals surface area (Å²) in [5.41, 5.74) is 4.42. The van der Waals surface area contributed by atoms with Gasteiger partial charge in [-0.1, -0.05) is 95.6 Å². The third-order valence-electron chi connectivity index (χ3n) is 3.65. The van der Waals surface area contributed by atoms with Gasteiger partial charge in [0, 0.05) is 0 Å². The largest absolute Gasteiger partial charge is 0.383 e. The van der Waals surface area contributed by atoms with Crippen molar-refractivity contribution in [2.75, 3.05) is 0 Å². The van der Waals surface area contributed by atoms with Gasteiger partial charge in [0.2, 0.25) is 0 Å². The summed E-state index contributed by atoms with van der Waals surface area (Å²) < 4.78 is 0. The van der Waals surface area contributed by atoms with E-state index in [0.29, 0.717) is 0 Å². The minimum Gasteiger partial charge on any atom is -0.383 e. The number of oxime groups is 1. The highest BCUT2D eigenvalue weighted by atomic mass is 16.6. The van der Waals surface area contributed by atoms with Crippen molar-refractivity contribution in [2.24, 2.45) is 5.16 Å². The molecule has 0 fully saturated rings. The molecule has 0 radical (unpaired) electrons. The van der Waals surface area contributed by atoms with Crippen LogP contribution in [0.3, 0.4) is 0 Å². The zero-order chi connectivity index (χ0) is 15.9. The van der Waals surface area contributed by atoms with Gasteiger partial charge < -0.3 is 4.84 Å². The summed E-state index contributed by atoms with van der Waals surface area (Å²) in [6, 6.07) is 28.5. The average Bonchev–Trinajstić information content (AvgIpc) is 2.62. The maximum absolute atomic E-state index is 5.82. The van der Waals surface area contributed by atoms with E-state index in [1.807, 2.05) is 48.5 Å². The third-order valence-corrected chi connectivity index (χ3v) is 3.65. The Hall–Kier alpha value is -2.87. The summed E-state index contributed by atoms with van der Waals surface area (Å²) in [6.45, 7) is 2.07. The van der Waals surface area contributed by atoms with Crippen LogP contribution in [0.15, 0.2) is 90.1 Å². The van der Waals surface area contributed by atoms with Crippen LogP contribution >= 0.6 is 0 Å². The first-order valence-electron chi connectivity index (χ1n) is 7.69. The minimum absolute atomic E-state index is 0.209. The molecule has 2 heteroatoms. The molecule has 3 aromatic carbocycles. The predicted octanol–water partition coefficient (Wildman–Crippen LogP) is 5.14. The van der Waals surface area contributed by atoms with E-state index < -0.39 is 0 Å². The van der Waals surface area contributed by atoms with Gasteiger partial charge in [0.25, 0.3) is 0 Å². The van der Waals surface area contributed by atoms with Crippen molar-refractivity contribution in [1.82, 2.24) is 0 Å². The van der Waals surface area contributed by atoms with Crippen molar-refractivity contribution in [3.63, 3.8) is 0 Å². The Morgan fingerprint density at radius 1 is 0.739 bits per heavy atom. The van der Waals surface area contributed by atoms with Crippen LogP contribution in [0.5, 0.6) is 0 Å². The highest BCUT2D eigenvalue weighted by Gasteiger charge is 2.14. The van der Waals surface area contributed by atoms with Gasteiger partial charge >= 0.3 is 0 Å². The van der Waals surface area contributed by atoms with E-state index in [1.54, 1.807) is 6.21 Å². The Balaban J connectivity index is 1.81. The van der Waals surface area contributed by atoms with Crippen molar-refractivity contribution in [3.05, 3.63) is 107 Å². The SMILES string of the molecule is Cc1ccc(/C=N/OC(c2ccccc2)c2ccccc2)cc1. The molecule has 114 valence electrons. The standard InChI is InChI=1S/C21H19NO/c1-17-12-14-18(15-13-17)16-22-23-21(19-8-4-2-5-9-19)20-10-6-3-7-11-20/h2-16,21H,1H3/b22-16+. The van der Waals surface area contributed by atoms with Gasteiger partial charge in [0.1, 0.15) is 0 Å². The molecule has 0 atom stereocenters. The van der Waals surface area contributed by atoms with Crippen LogP contribution in [0.4, 0.5) is 0 Å². The molecule has 0 aliphatic rings. The molecule has 0 N–H and O–H groups in total. The smallest absolute Gasteiger partial charge is 0.177 e. The van der Waals surface area contributed by atoms with Gasteiger partial charge in [0.05, 0.1) is 6.21 Å². The second-order valence-corrected chi connectivity index (χ2v) is 5.45. The molecule has 0 unspecified atom stereocenters. The summed E-state index contributed by atoms with van der Waals surface area (Å²) >= 11 is 0. The number of hydrogen-bond donors (Lipinski definition) is 0.